The summed E-state index contributed by atoms with van der Waals surface area (Å²) in [6.07, 6.45) is 16.0. The maximum Gasteiger partial charge on any atom is 0.216 e. The summed E-state index contributed by atoms with van der Waals surface area (Å²) in [7, 11) is 0. The zero-order chi connectivity index (χ0) is 94.7. The van der Waals surface area contributed by atoms with Crippen molar-refractivity contribution in [3.8, 4) is 101 Å². The molecule has 12 nitrogen and oxygen atoms in total. The molecule has 0 N–H and O–H groups in total. The van der Waals surface area contributed by atoms with E-state index < -0.39 is 0 Å². The number of furan rings is 3. The van der Waals surface area contributed by atoms with Crippen molar-refractivity contribution in [1.29, 1.82) is 0 Å². The van der Waals surface area contributed by atoms with Gasteiger partial charge in [0.1, 0.15) is 11.6 Å². The van der Waals surface area contributed by atoms with Crippen molar-refractivity contribution >= 4 is 66.2 Å². The summed E-state index contributed by atoms with van der Waals surface area (Å²) in [4.78, 5) is 40.2. The van der Waals surface area contributed by atoms with E-state index in [9.17, 15) is 8.78 Å². The number of nitrogens with zero attached hydrogens (tertiary/aromatic N) is 9. The van der Waals surface area contributed by atoms with Crippen LogP contribution < -0.4 is 0 Å². The van der Waals surface area contributed by atoms with E-state index in [0.29, 0.717) is 58.7 Å². The van der Waals surface area contributed by atoms with E-state index in [1.54, 1.807) is 30.6 Å². The average Bonchev–Trinajstić information content (AvgIpc) is 1.62. The van der Waals surface area contributed by atoms with Crippen LogP contribution in [0.5, 0.6) is 0 Å². The van der Waals surface area contributed by atoms with Gasteiger partial charge in [0.15, 0.2) is 0 Å². The Balaban J connectivity index is 0.000000143. The maximum atomic E-state index is 14.3. The Hall–Kier alpha value is -13.5. The Kier molecular flexibility index (Phi) is 36.1. The van der Waals surface area contributed by atoms with Crippen LogP contribution in [-0.2, 0) is 86.0 Å². The molecule has 21 rings (SSSR count). The minimum Gasteiger partial charge on any atom is -0.486 e. The number of hydrogen-bond acceptors (Lipinski definition) is 12. The number of aromatic nitrogens is 9. The zero-order valence-corrected chi connectivity index (χ0v) is 87.2. The first-order chi connectivity index (χ1) is 66.1. The normalized spacial score (nSPS) is 11.2. The molecule has 9 aromatic carbocycles. The van der Waals surface area contributed by atoms with Crippen LogP contribution in [0.1, 0.15) is 126 Å². The molecule has 1 unspecified atom stereocenters. The minimum atomic E-state index is -0.254. The molecular formula is C122H107F2Ir3N9O3-6. The van der Waals surface area contributed by atoms with E-state index in [-0.39, 0.29) is 72.0 Å². The van der Waals surface area contributed by atoms with E-state index in [2.05, 4.69) is 241 Å². The van der Waals surface area contributed by atoms with Gasteiger partial charge in [0.2, 0.25) is 17.1 Å². The standard InChI is InChI=1S/C27H22FN2O.C27H23N2O.C23H14FN2O.3C15H16N.3Ir/c1-16(2)13-20-14-18(8-10-24(20)28)19-11-12-29-25(15-19)23-6-4-5-21-22-9-7-17(3)30-27(22)31-26(21)23;1-17(2)15-19-8-10-20(11-9-19)21-13-14-28-25(16-21)24-6-4-5-22-23-12-7-18(3)29-27(23)30-26(22)24;1-14-5-10-19-18-3-2-4-20(22(18)27-23(19)26-14)21-13-16(11-12-25-21)15-6-8-17(24)9-7-15;2*1-12(2)11-13-6-8-14(9-7-13)15-5-3-4-10-16-15;1-3-12(2)13-7-9-14(10-8-13)15-6-4-5-11-16-15;;;/h4-5,7-12,14-16H,13H2,1-3H3;4-5,7-14,16-17H,15H2,1-3H3;2-3,5-13H,1H3;2*3-8,10,12H,11H2,1-2H3;4-9,11-12H,3H2,1-2H3;;;/q6*-1;;;. The zero-order valence-electron chi connectivity index (χ0n) is 80.0. The summed E-state index contributed by atoms with van der Waals surface area (Å²) in [5.74, 6) is 2.61. The molecule has 0 aliphatic heterocycles. The third-order valence-electron chi connectivity index (χ3n) is 23.4. The summed E-state index contributed by atoms with van der Waals surface area (Å²) in [5, 5.41) is 5.98. The van der Waals surface area contributed by atoms with Crippen LogP contribution in [-0.4, -0.2) is 44.9 Å². The first kappa shape index (κ1) is 103. The van der Waals surface area contributed by atoms with E-state index in [4.69, 9.17) is 13.3 Å². The third-order valence-corrected chi connectivity index (χ3v) is 23.4. The Morgan fingerprint density at radius 2 is 0.633 bits per heavy atom. The molecule has 3 radical (unpaired) electrons. The van der Waals surface area contributed by atoms with Crippen molar-refractivity contribution < 1.29 is 82.3 Å². The predicted octanol–water partition coefficient (Wildman–Crippen LogP) is 31.7. The Morgan fingerprint density at radius 1 is 0.295 bits per heavy atom. The molecule has 705 valence electrons. The molecule has 17 heteroatoms. The minimum absolute atomic E-state index is 0. The molecule has 0 bridgehead atoms. The van der Waals surface area contributed by atoms with E-state index in [1.165, 1.54) is 39.9 Å². The Bertz CT molecular complexity index is 7500. The van der Waals surface area contributed by atoms with E-state index >= 15 is 0 Å². The number of benzene rings is 9. The summed E-state index contributed by atoms with van der Waals surface area (Å²) < 4.78 is 45.8. The number of rotatable bonds is 19. The van der Waals surface area contributed by atoms with Gasteiger partial charge < -0.3 is 43.2 Å². The molecule has 21 aromatic rings. The van der Waals surface area contributed by atoms with Crippen molar-refractivity contribution in [2.24, 2.45) is 23.7 Å². The maximum absolute atomic E-state index is 14.3. The largest absolute Gasteiger partial charge is 0.486 e. The van der Waals surface area contributed by atoms with Crippen molar-refractivity contribution in [2.45, 2.75) is 128 Å². The number of hydrogen-bond donors (Lipinski definition) is 0. The fraction of sp³-hybridized carbons (Fsp3) is 0.189. The quantitative estimate of drug-likeness (QED) is 0.0708. The molecule has 0 saturated heterocycles. The molecule has 0 fully saturated rings. The van der Waals surface area contributed by atoms with Gasteiger partial charge in [-0.15, -0.1) is 161 Å². The van der Waals surface area contributed by atoms with Crippen LogP contribution in [0.25, 0.3) is 167 Å². The number of fused-ring (bicyclic) bond motifs is 9. The van der Waals surface area contributed by atoms with E-state index in [1.807, 2.05) is 209 Å². The molecule has 1 atom stereocenters. The van der Waals surface area contributed by atoms with Crippen LogP contribution >= 0.6 is 0 Å². The van der Waals surface area contributed by atoms with Crippen molar-refractivity contribution in [3.05, 3.63) is 415 Å². The second-order valence-corrected chi connectivity index (χ2v) is 35.9. The van der Waals surface area contributed by atoms with Crippen molar-refractivity contribution in [3.63, 3.8) is 0 Å². The molecule has 0 aliphatic carbocycles. The van der Waals surface area contributed by atoms with Gasteiger partial charge in [-0.25, -0.2) is 23.7 Å². The van der Waals surface area contributed by atoms with Crippen LogP contribution in [0.15, 0.2) is 336 Å². The van der Waals surface area contributed by atoms with Gasteiger partial charge >= 0.3 is 0 Å². The fourth-order valence-electron chi connectivity index (χ4n) is 16.4. The van der Waals surface area contributed by atoms with Crippen LogP contribution in [0.4, 0.5) is 8.78 Å². The molecule has 0 saturated carbocycles. The van der Waals surface area contributed by atoms with Gasteiger partial charge in [-0.2, -0.15) is 0 Å². The topological polar surface area (TPSA) is 155 Å². The monoisotopic (exact) mass is 2360 g/mol. The number of aryl methyl sites for hydroxylation is 3. The predicted molar refractivity (Wildman–Crippen MR) is 550 cm³/mol. The Labute approximate surface area is 854 Å². The smallest absolute Gasteiger partial charge is 0.216 e. The first-order valence-corrected chi connectivity index (χ1v) is 46.5. The molecule has 12 aromatic heterocycles. The molecule has 0 amide bonds. The summed E-state index contributed by atoms with van der Waals surface area (Å²) in [6.45, 7) is 27.9. The van der Waals surface area contributed by atoms with Gasteiger partial charge in [-0.1, -0.05) is 236 Å². The second-order valence-electron chi connectivity index (χ2n) is 35.9. The molecule has 0 aliphatic rings. The molecule has 0 spiro atoms. The van der Waals surface area contributed by atoms with Crippen LogP contribution in [0.2, 0.25) is 0 Å². The van der Waals surface area contributed by atoms with E-state index in [0.717, 1.165) is 187 Å². The van der Waals surface area contributed by atoms with Crippen molar-refractivity contribution in [1.82, 2.24) is 44.9 Å². The number of halogens is 2. The third kappa shape index (κ3) is 26.3. The van der Waals surface area contributed by atoms with Crippen molar-refractivity contribution in [2.75, 3.05) is 0 Å². The fourth-order valence-corrected chi connectivity index (χ4v) is 16.4. The summed E-state index contributed by atoms with van der Waals surface area (Å²) in [6, 6.07) is 113. The molecule has 12 heterocycles. The summed E-state index contributed by atoms with van der Waals surface area (Å²) in [5.41, 5.74) is 30.1. The second kappa shape index (κ2) is 48.7. The Morgan fingerprint density at radius 3 is 0.978 bits per heavy atom. The van der Waals surface area contributed by atoms with Crippen LogP contribution in [0, 0.1) is 92.5 Å². The van der Waals surface area contributed by atoms with Gasteiger partial charge in [0, 0.05) is 131 Å². The average molecular weight is 2360 g/mol. The first-order valence-electron chi connectivity index (χ1n) is 46.5. The van der Waals surface area contributed by atoms with Gasteiger partial charge in [0.25, 0.3) is 0 Å². The van der Waals surface area contributed by atoms with Gasteiger partial charge in [-0.05, 0) is 221 Å². The van der Waals surface area contributed by atoms with Crippen LogP contribution in [0.3, 0.4) is 0 Å². The molecule has 139 heavy (non-hydrogen) atoms. The summed E-state index contributed by atoms with van der Waals surface area (Å²) >= 11 is 0. The van der Waals surface area contributed by atoms with Gasteiger partial charge in [-0.3, -0.25) is 0 Å². The SMILES string of the molecule is CC(C)Cc1c[c-]c(-c2ccccn2)cc1.CC(C)Cc1c[c-]c(-c2ccccn2)cc1.CCC(C)c1c[c-]c(-c2ccccn2)cc1.Cc1ccc2c(n1)oc1c(-c3cc(-c4ccc(CC(C)C)cc4)ccn3)[c-]ccc12.Cc1ccc2c(n1)oc1c(-c3cc(-c4ccc(F)c(CC(C)C)c4)ccn3)[c-]ccc12.Cc1ccc2c(n1)oc1c(-c3cc(-c4ccc(F)cc4)ccn3)[c-]ccc12.[Ir].[Ir].[Ir]. The number of pyridine rings is 9. The van der Waals surface area contributed by atoms with Gasteiger partial charge in [0.05, 0.1) is 16.7 Å². The molecular weight excluding hydrogens is 2250 g/mol.